The maximum absolute atomic E-state index is 12.5. The number of rotatable bonds is 7. The summed E-state index contributed by atoms with van der Waals surface area (Å²) in [6, 6.07) is -0.458. The van der Waals surface area contributed by atoms with Gasteiger partial charge in [0.1, 0.15) is 5.76 Å². The molecule has 1 aromatic rings. The third-order valence-corrected chi connectivity index (χ3v) is 4.42. The Morgan fingerprint density at radius 3 is 2.50 bits per heavy atom. The van der Waals surface area contributed by atoms with Crippen LogP contribution in [0.3, 0.4) is 0 Å². The number of nitrogens with zero attached hydrogens (tertiary/aromatic N) is 1. The van der Waals surface area contributed by atoms with Gasteiger partial charge < -0.3 is 4.52 Å². The predicted octanol–water partition coefficient (Wildman–Crippen LogP) is 2.36. The second-order valence-corrected chi connectivity index (χ2v) is 7.14. The molecule has 0 spiro atoms. The summed E-state index contributed by atoms with van der Waals surface area (Å²) in [6.45, 7) is 5.12. The van der Waals surface area contributed by atoms with Gasteiger partial charge in [-0.05, 0) is 38.8 Å². The van der Waals surface area contributed by atoms with Crippen molar-refractivity contribution >= 4 is 21.6 Å². The molecule has 1 heterocycles. The van der Waals surface area contributed by atoms with Gasteiger partial charge in [-0.1, -0.05) is 5.16 Å². The van der Waals surface area contributed by atoms with Crippen molar-refractivity contribution in [3.8, 4) is 0 Å². The van der Waals surface area contributed by atoms with Crippen LogP contribution >= 0.6 is 11.6 Å². The summed E-state index contributed by atoms with van der Waals surface area (Å²) >= 11 is 4.69. The van der Waals surface area contributed by atoms with Crippen molar-refractivity contribution in [1.82, 2.24) is 9.88 Å². The zero-order chi connectivity index (χ0) is 15.6. The lowest BCUT2D eigenvalue weighted by Crippen LogP contribution is -2.36. The molecule has 0 aromatic carbocycles. The molecule has 0 aliphatic carbocycles. The highest BCUT2D eigenvalue weighted by molar-refractivity contribution is 7.89. The molecule has 0 radical (unpaired) electrons. The van der Waals surface area contributed by atoms with Crippen LogP contribution in [0.15, 0.2) is 4.52 Å². The number of halogens is 3. The zero-order valence-corrected chi connectivity index (χ0v) is 13.0. The summed E-state index contributed by atoms with van der Waals surface area (Å²) in [5, 5.41) is 0.251. The summed E-state index contributed by atoms with van der Waals surface area (Å²) in [4.78, 5) is 0. The van der Waals surface area contributed by atoms with Crippen LogP contribution in [0, 0.1) is 13.8 Å². The minimum absolute atomic E-state index is 0.373. The first-order valence-electron chi connectivity index (χ1n) is 5.98. The molecule has 1 aromatic heterocycles. The molecular weight excluding hydrogens is 314 g/mol. The number of hydrogen-bond donors (Lipinski definition) is 1. The molecule has 1 atom stereocenters. The Morgan fingerprint density at radius 2 is 2.05 bits per heavy atom. The van der Waals surface area contributed by atoms with Gasteiger partial charge in [-0.15, -0.1) is 0 Å². The molecule has 0 aliphatic heterocycles. The molecule has 0 saturated carbocycles. The molecule has 116 valence electrons. The molecular formula is C11H17ClF2N2O3S. The SMILES string of the molecule is Cc1noc(C)c1C[C@H](C)NS(=O)(=O)CCC(F)(F)Cl. The Morgan fingerprint density at radius 1 is 1.45 bits per heavy atom. The van der Waals surface area contributed by atoms with Crippen molar-refractivity contribution in [2.45, 2.75) is 45.0 Å². The maximum Gasteiger partial charge on any atom is 0.322 e. The van der Waals surface area contributed by atoms with E-state index in [0.29, 0.717) is 17.9 Å². The van der Waals surface area contributed by atoms with Gasteiger partial charge >= 0.3 is 5.38 Å². The zero-order valence-electron chi connectivity index (χ0n) is 11.4. The minimum Gasteiger partial charge on any atom is -0.361 e. The Bertz CT molecular complexity index is 535. The molecule has 0 bridgehead atoms. The number of sulfonamides is 1. The van der Waals surface area contributed by atoms with E-state index in [0.717, 1.165) is 5.56 Å². The van der Waals surface area contributed by atoms with Crippen molar-refractivity contribution in [3.05, 3.63) is 17.0 Å². The van der Waals surface area contributed by atoms with Crippen molar-refractivity contribution in [1.29, 1.82) is 0 Å². The Labute approximate surface area is 121 Å². The van der Waals surface area contributed by atoms with E-state index in [1.807, 2.05) is 0 Å². The first-order chi connectivity index (χ1) is 9.00. The van der Waals surface area contributed by atoms with Gasteiger partial charge in [0.05, 0.1) is 11.4 Å². The molecule has 0 unspecified atom stereocenters. The van der Waals surface area contributed by atoms with E-state index >= 15 is 0 Å². The van der Waals surface area contributed by atoms with E-state index in [-0.39, 0.29) is 0 Å². The van der Waals surface area contributed by atoms with Crippen LogP contribution in [-0.4, -0.2) is 30.8 Å². The fourth-order valence-corrected chi connectivity index (χ4v) is 3.30. The lowest BCUT2D eigenvalue weighted by molar-refractivity contribution is 0.0927. The van der Waals surface area contributed by atoms with Crippen LogP contribution in [0.4, 0.5) is 8.78 Å². The molecule has 1 rings (SSSR count). The van der Waals surface area contributed by atoms with Gasteiger partial charge in [-0.25, -0.2) is 13.1 Å². The van der Waals surface area contributed by atoms with Crippen LogP contribution in [0.2, 0.25) is 0 Å². The topological polar surface area (TPSA) is 72.2 Å². The molecule has 20 heavy (non-hydrogen) atoms. The van der Waals surface area contributed by atoms with Crippen molar-refractivity contribution < 1.29 is 21.7 Å². The van der Waals surface area contributed by atoms with Crippen LogP contribution in [-0.2, 0) is 16.4 Å². The molecule has 0 amide bonds. The van der Waals surface area contributed by atoms with Gasteiger partial charge in [-0.3, -0.25) is 0 Å². The van der Waals surface area contributed by atoms with Gasteiger partial charge in [0.25, 0.3) is 0 Å². The van der Waals surface area contributed by atoms with Gasteiger partial charge in [0, 0.05) is 18.0 Å². The summed E-state index contributed by atoms with van der Waals surface area (Å²) in [7, 11) is -3.81. The first kappa shape index (κ1) is 17.3. The highest BCUT2D eigenvalue weighted by atomic mass is 35.5. The number of alkyl halides is 3. The van der Waals surface area contributed by atoms with Gasteiger partial charge in [0.15, 0.2) is 0 Å². The smallest absolute Gasteiger partial charge is 0.322 e. The van der Waals surface area contributed by atoms with Gasteiger partial charge in [0.2, 0.25) is 10.0 Å². The van der Waals surface area contributed by atoms with E-state index in [1.165, 1.54) is 0 Å². The van der Waals surface area contributed by atoms with Gasteiger partial charge in [-0.2, -0.15) is 8.78 Å². The summed E-state index contributed by atoms with van der Waals surface area (Å²) in [5.74, 6) is -0.115. The normalized spacial score (nSPS) is 14.5. The van der Waals surface area contributed by atoms with Crippen molar-refractivity contribution in [3.63, 3.8) is 0 Å². The summed E-state index contributed by atoms with van der Waals surface area (Å²) < 4.78 is 55.5. The van der Waals surface area contributed by atoms with Crippen LogP contribution in [0.5, 0.6) is 0 Å². The first-order valence-corrected chi connectivity index (χ1v) is 8.01. The summed E-state index contributed by atoms with van der Waals surface area (Å²) in [6.07, 6.45) is -0.556. The monoisotopic (exact) mass is 330 g/mol. The standard InChI is InChI=1S/C11H17ClF2N2O3S/c1-7(6-10-8(2)15-19-9(10)3)16-20(17,18)5-4-11(12,13)14/h7,16H,4-6H2,1-3H3/t7-/m0/s1. The van der Waals surface area contributed by atoms with E-state index in [2.05, 4.69) is 21.5 Å². The molecule has 0 fully saturated rings. The lowest BCUT2D eigenvalue weighted by Gasteiger charge is -2.15. The number of nitrogens with one attached hydrogen (secondary N) is 1. The van der Waals surface area contributed by atoms with E-state index in [9.17, 15) is 17.2 Å². The van der Waals surface area contributed by atoms with Crippen molar-refractivity contribution in [2.75, 3.05) is 5.75 Å². The number of hydrogen-bond acceptors (Lipinski definition) is 4. The molecule has 5 nitrogen and oxygen atoms in total. The van der Waals surface area contributed by atoms with E-state index in [4.69, 9.17) is 4.52 Å². The quantitative estimate of drug-likeness (QED) is 0.779. The highest BCUT2D eigenvalue weighted by Crippen LogP contribution is 2.23. The Balaban J connectivity index is 2.60. The lowest BCUT2D eigenvalue weighted by atomic mass is 10.1. The van der Waals surface area contributed by atoms with Crippen molar-refractivity contribution in [2.24, 2.45) is 0 Å². The Kier molecular flexibility index (Phi) is 5.51. The number of aromatic nitrogens is 1. The number of aryl methyl sites for hydroxylation is 2. The molecule has 1 N–H and O–H groups in total. The van der Waals surface area contributed by atoms with E-state index < -0.39 is 33.6 Å². The van der Waals surface area contributed by atoms with Crippen LogP contribution in [0.1, 0.15) is 30.4 Å². The second-order valence-electron chi connectivity index (χ2n) is 4.71. The Hall–Kier alpha value is -0.730. The second kappa shape index (κ2) is 6.36. The third kappa shape index (κ3) is 5.72. The molecule has 9 heteroatoms. The molecule has 0 aliphatic rings. The maximum atomic E-state index is 12.5. The fourth-order valence-electron chi connectivity index (χ4n) is 1.76. The highest BCUT2D eigenvalue weighted by Gasteiger charge is 2.28. The van der Waals surface area contributed by atoms with Crippen LogP contribution in [0.25, 0.3) is 0 Å². The van der Waals surface area contributed by atoms with E-state index in [1.54, 1.807) is 20.8 Å². The average molecular weight is 331 g/mol. The summed E-state index contributed by atoms with van der Waals surface area (Å²) in [5.41, 5.74) is 1.49. The average Bonchev–Trinajstić information content (AvgIpc) is 2.57. The molecule has 0 saturated heterocycles. The fraction of sp³-hybridized carbons (Fsp3) is 0.727. The minimum atomic E-state index is -3.81. The predicted molar refractivity (Wildman–Crippen MR) is 71.5 cm³/mol. The van der Waals surface area contributed by atoms with Crippen LogP contribution < -0.4 is 4.72 Å². The third-order valence-electron chi connectivity index (χ3n) is 2.73. The largest absolute Gasteiger partial charge is 0.361 e.